The van der Waals surface area contributed by atoms with Gasteiger partial charge in [-0.05, 0) is 29.6 Å². The predicted molar refractivity (Wildman–Crippen MR) is 92.0 cm³/mol. The molecule has 0 fully saturated rings. The largest absolute Gasteiger partial charge is 0.347 e. The third-order valence-corrected chi connectivity index (χ3v) is 6.45. The van der Waals surface area contributed by atoms with Gasteiger partial charge in [-0.25, -0.2) is 12.8 Å². The van der Waals surface area contributed by atoms with E-state index in [-0.39, 0.29) is 17.0 Å². The fourth-order valence-corrected chi connectivity index (χ4v) is 4.36. The fraction of sp³-hybridized carbons (Fsp3) is 0.312. The van der Waals surface area contributed by atoms with Gasteiger partial charge in [0.05, 0.1) is 17.0 Å². The van der Waals surface area contributed by atoms with Crippen molar-refractivity contribution in [3.63, 3.8) is 0 Å². The van der Waals surface area contributed by atoms with Gasteiger partial charge in [-0.15, -0.1) is 11.3 Å². The van der Waals surface area contributed by atoms with Gasteiger partial charge < -0.3 is 5.32 Å². The smallest absolute Gasteiger partial charge is 0.254 e. The number of hydrogen-bond acceptors (Lipinski definition) is 4. The summed E-state index contributed by atoms with van der Waals surface area (Å²) in [6.07, 6.45) is 0. The lowest BCUT2D eigenvalue weighted by molar-refractivity contribution is 0.0947. The summed E-state index contributed by atoms with van der Waals surface area (Å²) in [5.41, 5.74) is -0.278. The van der Waals surface area contributed by atoms with E-state index in [4.69, 9.17) is 0 Å². The van der Waals surface area contributed by atoms with Crippen LogP contribution >= 0.6 is 11.3 Å². The third-order valence-electron chi connectivity index (χ3n) is 3.53. The van der Waals surface area contributed by atoms with Crippen molar-refractivity contribution in [1.29, 1.82) is 0 Å². The molecule has 1 heterocycles. The van der Waals surface area contributed by atoms with Gasteiger partial charge in [-0.2, -0.15) is 4.31 Å². The van der Waals surface area contributed by atoms with Gasteiger partial charge in [-0.3, -0.25) is 4.79 Å². The van der Waals surface area contributed by atoms with E-state index < -0.39 is 21.7 Å². The summed E-state index contributed by atoms with van der Waals surface area (Å²) in [5, 5.41) is 4.48. The van der Waals surface area contributed by atoms with Gasteiger partial charge in [0.15, 0.2) is 0 Å². The average molecular weight is 370 g/mol. The first kappa shape index (κ1) is 18.6. The Bertz CT molecular complexity index is 801. The van der Waals surface area contributed by atoms with Crippen molar-refractivity contribution >= 4 is 27.3 Å². The van der Waals surface area contributed by atoms with Crippen molar-refractivity contribution in [2.24, 2.45) is 0 Å². The first-order chi connectivity index (χ1) is 11.4. The molecule has 0 radical (unpaired) electrons. The molecule has 0 aliphatic heterocycles. The molecule has 2 aromatic rings. The minimum Gasteiger partial charge on any atom is -0.347 e. The van der Waals surface area contributed by atoms with Gasteiger partial charge in [0.2, 0.25) is 10.0 Å². The zero-order chi connectivity index (χ0) is 17.7. The van der Waals surface area contributed by atoms with E-state index in [1.54, 1.807) is 13.8 Å². The van der Waals surface area contributed by atoms with E-state index in [2.05, 4.69) is 5.32 Å². The number of sulfonamides is 1. The van der Waals surface area contributed by atoms with Crippen molar-refractivity contribution in [1.82, 2.24) is 9.62 Å². The highest BCUT2D eigenvalue weighted by molar-refractivity contribution is 7.89. The second-order valence-electron chi connectivity index (χ2n) is 4.99. The minimum atomic E-state index is -3.74. The van der Waals surface area contributed by atoms with Crippen LogP contribution in [0.15, 0.2) is 40.6 Å². The molecule has 24 heavy (non-hydrogen) atoms. The summed E-state index contributed by atoms with van der Waals surface area (Å²) in [5.74, 6) is -1.39. The molecule has 1 aromatic carbocycles. The molecule has 0 spiro atoms. The lowest BCUT2D eigenvalue weighted by Gasteiger charge is -2.18. The zero-order valence-electron chi connectivity index (χ0n) is 13.5. The van der Waals surface area contributed by atoms with Crippen LogP contribution in [0.2, 0.25) is 0 Å². The maximum atomic E-state index is 14.0. The third kappa shape index (κ3) is 4.00. The van der Waals surface area contributed by atoms with E-state index >= 15 is 0 Å². The Morgan fingerprint density at radius 2 is 1.96 bits per heavy atom. The molecule has 0 saturated carbocycles. The van der Waals surface area contributed by atoms with E-state index in [9.17, 15) is 17.6 Å². The van der Waals surface area contributed by atoms with Crippen LogP contribution in [0.4, 0.5) is 4.39 Å². The molecule has 0 bridgehead atoms. The maximum absolute atomic E-state index is 14.0. The molecule has 0 unspecified atom stereocenters. The van der Waals surface area contributed by atoms with Gasteiger partial charge in [0.1, 0.15) is 5.82 Å². The molecule has 130 valence electrons. The minimum absolute atomic E-state index is 0.0890. The van der Waals surface area contributed by atoms with Crippen LogP contribution in [-0.2, 0) is 16.6 Å². The normalized spacial score (nSPS) is 11.7. The van der Waals surface area contributed by atoms with E-state index in [0.717, 1.165) is 17.0 Å². The highest BCUT2D eigenvalue weighted by atomic mass is 32.2. The Labute approximate surface area is 145 Å². The average Bonchev–Trinajstić information content (AvgIpc) is 3.07. The lowest BCUT2D eigenvalue weighted by atomic mass is 10.2. The van der Waals surface area contributed by atoms with Gasteiger partial charge in [0.25, 0.3) is 5.91 Å². The molecule has 0 aliphatic carbocycles. The highest BCUT2D eigenvalue weighted by Gasteiger charge is 2.24. The summed E-state index contributed by atoms with van der Waals surface area (Å²) in [4.78, 5) is 13.0. The number of nitrogens with zero attached hydrogens (tertiary/aromatic N) is 1. The predicted octanol–water partition coefficient (Wildman–Crippen LogP) is 2.85. The molecule has 8 heteroatoms. The first-order valence-electron chi connectivity index (χ1n) is 7.50. The van der Waals surface area contributed by atoms with Crippen molar-refractivity contribution < 1.29 is 17.6 Å². The summed E-state index contributed by atoms with van der Waals surface area (Å²) in [6, 6.07) is 6.98. The number of amides is 1. The molecule has 2 rings (SSSR count). The molecule has 1 aromatic heterocycles. The summed E-state index contributed by atoms with van der Waals surface area (Å²) >= 11 is 1.47. The molecule has 1 amide bonds. The number of hydrogen-bond donors (Lipinski definition) is 1. The molecular weight excluding hydrogens is 351 g/mol. The van der Waals surface area contributed by atoms with Crippen molar-refractivity contribution in [3.05, 3.63) is 52.0 Å². The van der Waals surface area contributed by atoms with Gasteiger partial charge in [-0.1, -0.05) is 19.9 Å². The molecule has 0 saturated heterocycles. The molecule has 1 N–H and O–H groups in total. The quantitative estimate of drug-likeness (QED) is 0.815. The lowest BCUT2D eigenvalue weighted by Crippen LogP contribution is -2.31. The SMILES string of the molecule is CCN(CC)S(=O)(=O)c1ccc(F)c(C(=O)NCc2cccs2)c1. The van der Waals surface area contributed by atoms with Gasteiger partial charge >= 0.3 is 0 Å². The van der Waals surface area contributed by atoms with Gasteiger partial charge in [0, 0.05) is 18.0 Å². The molecule has 0 atom stereocenters. The van der Waals surface area contributed by atoms with Crippen molar-refractivity contribution in [2.75, 3.05) is 13.1 Å². The maximum Gasteiger partial charge on any atom is 0.254 e. The highest BCUT2D eigenvalue weighted by Crippen LogP contribution is 2.19. The number of thiophene rings is 1. The summed E-state index contributed by atoms with van der Waals surface area (Å²) in [6.45, 7) is 4.31. The number of carbonyl (C=O) groups is 1. The van der Waals surface area contributed by atoms with Crippen LogP contribution in [0.1, 0.15) is 29.1 Å². The molecule has 0 aliphatic rings. The standard InChI is InChI=1S/C16H19FN2O3S2/c1-3-19(4-2)24(21,22)13-7-8-15(17)14(10-13)16(20)18-11-12-6-5-9-23-12/h5-10H,3-4,11H2,1-2H3,(H,18,20). The first-order valence-corrected chi connectivity index (χ1v) is 9.82. The molecular formula is C16H19FN2O3S2. The van der Waals surface area contributed by atoms with Crippen LogP contribution in [-0.4, -0.2) is 31.7 Å². The van der Waals surface area contributed by atoms with Crippen LogP contribution < -0.4 is 5.32 Å². The van der Waals surface area contributed by atoms with Crippen molar-refractivity contribution in [2.45, 2.75) is 25.3 Å². The number of benzene rings is 1. The number of nitrogens with one attached hydrogen (secondary N) is 1. The zero-order valence-corrected chi connectivity index (χ0v) is 15.1. The molecule has 5 nitrogen and oxygen atoms in total. The summed E-state index contributed by atoms with van der Waals surface area (Å²) in [7, 11) is -3.74. The van der Waals surface area contributed by atoms with Crippen LogP contribution in [0.3, 0.4) is 0 Å². The second kappa shape index (κ2) is 7.87. The monoisotopic (exact) mass is 370 g/mol. The Kier molecular flexibility index (Phi) is 6.09. The van der Waals surface area contributed by atoms with Crippen molar-refractivity contribution in [3.8, 4) is 0 Å². The number of carbonyl (C=O) groups excluding carboxylic acids is 1. The van der Waals surface area contributed by atoms with Crippen LogP contribution in [0.5, 0.6) is 0 Å². The Balaban J connectivity index is 2.26. The van der Waals surface area contributed by atoms with E-state index in [1.807, 2.05) is 17.5 Å². The number of rotatable bonds is 7. The fourth-order valence-electron chi connectivity index (χ4n) is 2.23. The Morgan fingerprint density at radius 1 is 1.25 bits per heavy atom. The van der Waals surface area contributed by atoms with Crippen LogP contribution in [0.25, 0.3) is 0 Å². The van der Waals surface area contributed by atoms with E-state index in [1.165, 1.54) is 21.7 Å². The summed E-state index contributed by atoms with van der Waals surface area (Å²) < 4.78 is 40.2. The number of halogens is 1. The van der Waals surface area contributed by atoms with E-state index in [0.29, 0.717) is 13.1 Å². The van der Waals surface area contributed by atoms with Crippen LogP contribution in [0, 0.1) is 5.82 Å². The topological polar surface area (TPSA) is 66.5 Å². The second-order valence-corrected chi connectivity index (χ2v) is 7.96. The Hall–Kier alpha value is -1.77. The Morgan fingerprint density at radius 3 is 2.54 bits per heavy atom.